The zero-order chi connectivity index (χ0) is 25.5. The molecule has 0 aliphatic carbocycles. The number of benzene rings is 1. The highest BCUT2D eigenvalue weighted by Crippen LogP contribution is 2.35. The lowest BCUT2D eigenvalue weighted by Crippen LogP contribution is -2.29. The van der Waals surface area contributed by atoms with Crippen molar-refractivity contribution in [3.8, 4) is 21.8 Å². The number of halogens is 7. The molecule has 0 atom stereocenters. The first kappa shape index (κ1) is 26.2. The molecule has 1 N–H and O–H groups in total. The van der Waals surface area contributed by atoms with Gasteiger partial charge in [-0.15, -0.1) is 11.3 Å². The number of anilines is 1. The summed E-state index contributed by atoms with van der Waals surface area (Å²) in [5, 5.41) is 1.62. The lowest BCUT2D eigenvalue weighted by atomic mass is 10.1. The molecule has 0 saturated heterocycles. The first-order valence-electron chi connectivity index (χ1n) is 8.59. The Labute approximate surface area is 197 Å². The third kappa shape index (κ3) is 5.61. The molecule has 0 spiro atoms. The van der Waals surface area contributed by atoms with Crippen molar-refractivity contribution in [3.63, 3.8) is 0 Å². The zero-order valence-electron chi connectivity index (χ0n) is 16.1. The predicted molar refractivity (Wildman–Crippen MR) is 113 cm³/mol. The molecule has 0 aliphatic rings. The van der Waals surface area contributed by atoms with E-state index in [0.29, 0.717) is 0 Å². The van der Waals surface area contributed by atoms with Crippen LogP contribution in [0.25, 0.3) is 21.8 Å². The lowest BCUT2D eigenvalue weighted by Gasteiger charge is -2.11. The van der Waals surface area contributed by atoms with Crippen LogP contribution >= 0.6 is 22.9 Å². The summed E-state index contributed by atoms with van der Waals surface area (Å²) in [5.74, 6) is -1.36. The number of sulfone groups is 1. The highest BCUT2D eigenvalue weighted by Gasteiger charge is 2.46. The third-order valence-electron chi connectivity index (χ3n) is 4.06. The summed E-state index contributed by atoms with van der Waals surface area (Å²) in [5.41, 5.74) is -11.0. The van der Waals surface area contributed by atoms with E-state index >= 15 is 0 Å². The SMILES string of the molecule is O=S(=O)(Cc1cc(-c2nc(-c3ccc(NS(=O)(=O)C(F)(F)F)cc3Cl)cs2)ccn1)C(F)(F)F. The molecule has 0 bridgehead atoms. The van der Waals surface area contributed by atoms with Crippen LogP contribution in [0.5, 0.6) is 0 Å². The van der Waals surface area contributed by atoms with Crippen LogP contribution in [0.4, 0.5) is 32.0 Å². The van der Waals surface area contributed by atoms with Gasteiger partial charge in [0.25, 0.3) is 9.84 Å². The molecule has 0 saturated carbocycles. The minimum atomic E-state index is -5.64. The quantitative estimate of drug-likeness (QED) is 0.411. The number of alkyl halides is 6. The average Bonchev–Trinajstić information content (AvgIpc) is 3.16. The number of nitrogens with zero attached hydrogens (tertiary/aromatic N) is 2. The summed E-state index contributed by atoms with van der Waals surface area (Å²) in [6.07, 6.45) is 1.12. The zero-order valence-corrected chi connectivity index (χ0v) is 19.4. The molecular formula is C17H10ClF6N3O4S3. The summed E-state index contributed by atoms with van der Waals surface area (Å²) in [7, 11) is -11.1. The Hall–Kier alpha value is -2.43. The Morgan fingerprint density at radius 3 is 2.24 bits per heavy atom. The number of rotatable bonds is 6. The van der Waals surface area contributed by atoms with E-state index in [9.17, 15) is 43.2 Å². The number of sulfonamides is 1. The maximum Gasteiger partial charge on any atom is 0.516 e. The average molecular weight is 566 g/mol. The summed E-state index contributed by atoms with van der Waals surface area (Å²) in [4.78, 5) is 7.90. The fraction of sp³-hybridized carbons (Fsp3) is 0.176. The van der Waals surface area contributed by atoms with Gasteiger partial charge in [-0.25, -0.2) is 13.4 Å². The molecule has 0 unspecified atom stereocenters. The Morgan fingerprint density at radius 2 is 1.65 bits per heavy atom. The van der Waals surface area contributed by atoms with Gasteiger partial charge in [-0.05, 0) is 30.3 Å². The van der Waals surface area contributed by atoms with Crippen LogP contribution < -0.4 is 4.72 Å². The van der Waals surface area contributed by atoms with Crippen LogP contribution in [0.1, 0.15) is 5.69 Å². The number of aromatic nitrogens is 2. The first-order valence-corrected chi connectivity index (χ1v) is 13.0. The Bertz CT molecular complexity index is 1440. The number of nitrogens with one attached hydrogen (secondary N) is 1. The van der Waals surface area contributed by atoms with Gasteiger partial charge in [0.1, 0.15) is 10.8 Å². The molecule has 17 heteroatoms. The minimum absolute atomic E-state index is 0.133. The van der Waals surface area contributed by atoms with E-state index in [2.05, 4.69) is 9.97 Å². The van der Waals surface area contributed by atoms with E-state index in [1.165, 1.54) is 22.2 Å². The molecule has 184 valence electrons. The number of thiazole rings is 1. The van der Waals surface area contributed by atoms with Crippen molar-refractivity contribution >= 4 is 48.5 Å². The van der Waals surface area contributed by atoms with Crippen LogP contribution in [0.2, 0.25) is 5.02 Å². The molecule has 3 aromatic rings. The van der Waals surface area contributed by atoms with E-state index in [-0.39, 0.29) is 32.5 Å². The Kier molecular flexibility index (Phi) is 6.91. The van der Waals surface area contributed by atoms with Gasteiger partial charge in [0, 0.05) is 22.7 Å². The predicted octanol–water partition coefficient (Wildman–Crippen LogP) is 5.22. The molecule has 0 aliphatic heterocycles. The van der Waals surface area contributed by atoms with E-state index in [4.69, 9.17) is 11.6 Å². The molecule has 0 amide bonds. The second-order valence-electron chi connectivity index (χ2n) is 6.52. The smallest absolute Gasteiger partial charge is 0.276 e. The maximum absolute atomic E-state index is 12.6. The van der Waals surface area contributed by atoms with Gasteiger partial charge < -0.3 is 0 Å². The second kappa shape index (κ2) is 8.98. The van der Waals surface area contributed by atoms with Gasteiger partial charge in [-0.2, -0.15) is 34.8 Å². The fourth-order valence-electron chi connectivity index (χ4n) is 2.50. The highest BCUT2D eigenvalue weighted by molar-refractivity contribution is 7.93. The lowest BCUT2D eigenvalue weighted by molar-refractivity contribution is -0.0441. The molecular weight excluding hydrogens is 556 g/mol. The van der Waals surface area contributed by atoms with Crippen LogP contribution in [0, 0.1) is 0 Å². The molecule has 0 fully saturated rings. The van der Waals surface area contributed by atoms with E-state index in [0.717, 1.165) is 35.7 Å². The van der Waals surface area contributed by atoms with Crippen LogP contribution in [0.3, 0.4) is 0 Å². The third-order valence-corrected chi connectivity index (χ3v) is 7.76. The molecule has 7 nitrogen and oxygen atoms in total. The van der Waals surface area contributed by atoms with Crippen molar-refractivity contribution in [2.45, 2.75) is 16.8 Å². The van der Waals surface area contributed by atoms with Crippen LogP contribution in [-0.4, -0.2) is 37.8 Å². The van der Waals surface area contributed by atoms with E-state index in [1.54, 1.807) is 0 Å². The molecule has 2 aromatic heterocycles. The topological polar surface area (TPSA) is 106 Å². The van der Waals surface area contributed by atoms with Gasteiger partial charge >= 0.3 is 21.0 Å². The highest BCUT2D eigenvalue weighted by atomic mass is 35.5. The first-order chi connectivity index (χ1) is 15.5. The molecule has 0 radical (unpaired) electrons. The van der Waals surface area contributed by atoms with Crippen molar-refractivity contribution in [3.05, 3.63) is 52.6 Å². The minimum Gasteiger partial charge on any atom is -0.276 e. The van der Waals surface area contributed by atoms with Crippen LogP contribution in [-0.2, 0) is 25.6 Å². The number of hydrogen-bond acceptors (Lipinski definition) is 7. The van der Waals surface area contributed by atoms with E-state index in [1.807, 2.05) is 0 Å². The van der Waals surface area contributed by atoms with Crippen molar-refractivity contribution in [1.82, 2.24) is 9.97 Å². The normalized spacial score (nSPS) is 13.1. The summed E-state index contributed by atoms with van der Waals surface area (Å²) in [6, 6.07) is 5.73. The summed E-state index contributed by atoms with van der Waals surface area (Å²) in [6.45, 7) is 0. The van der Waals surface area contributed by atoms with Gasteiger partial charge in [-0.1, -0.05) is 11.6 Å². The second-order valence-corrected chi connectivity index (χ2v) is 11.4. The fourth-order valence-corrected chi connectivity index (χ4v) is 4.85. The number of pyridine rings is 1. The van der Waals surface area contributed by atoms with Gasteiger partial charge in [0.05, 0.1) is 22.1 Å². The molecule has 3 rings (SSSR count). The van der Waals surface area contributed by atoms with Crippen molar-refractivity contribution in [2.24, 2.45) is 0 Å². The van der Waals surface area contributed by atoms with Gasteiger partial charge in [0.15, 0.2) is 0 Å². The summed E-state index contributed by atoms with van der Waals surface area (Å²) >= 11 is 7.09. The number of hydrogen-bond donors (Lipinski definition) is 1. The van der Waals surface area contributed by atoms with Crippen molar-refractivity contribution in [1.29, 1.82) is 0 Å². The van der Waals surface area contributed by atoms with Gasteiger partial charge in [0.2, 0.25) is 0 Å². The molecule has 34 heavy (non-hydrogen) atoms. The van der Waals surface area contributed by atoms with Gasteiger partial charge in [-0.3, -0.25) is 9.71 Å². The Morgan fingerprint density at radius 1 is 0.971 bits per heavy atom. The van der Waals surface area contributed by atoms with Crippen molar-refractivity contribution < 1.29 is 43.2 Å². The summed E-state index contributed by atoms with van der Waals surface area (Å²) < 4.78 is 122. The van der Waals surface area contributed by atoms with Crippen LogP contribution in [0.15, 0.2) is 41.9 Å². The molecule has 1 aromatic carbocycles. The Balaban J connectivity index is 1.86. The monoisotopic (exact) mass is 565 g/mol. The van der Waals surface area contributed by atoms with Crippen molar-refractivity contribution in [2.75, 3.05) is 4.72 Å². The largest absolute Gasteiger partial charge is 0.516 e. The molecule has 2 heterocycles. The van der Waals surface area contributed by atoms with E-state index < -0.39 is 42.3 Å². The standard InChI is InChI=1S/C17H10ClF6N3O4S3/c18-13-6-10(27-34(30,31)17(22,23)24)1-2-12(13)14-7-32-15(26-14)9-3-4-25-11(5-9)8-33(28,29)16(19,20)21/h1-7,27H,8H2. The maximum atomic E-state index is 12.6.